The van der Waals surface area contributed by atoms with Crippen LogP contribution in [0.5, 0.6) is 0 Å². The standard InChI is InChI=1S/C13H17ClN2O3/c1-2-16(6-9-3-4-15-5-11(9)14)12-8-19-7-10(12)13(17)18/h3-5,10,12H,2,6-8H2,1H3,(H,17,18). The number of pyridine rings is 1. The average Bonchev–Trinajstić information content (AvgIpc) is 2.87. The van der Waals surface area contributed by atoms with Crippen molar-refractivity contribution in [3.05, 3.63) is 29.0 Å². The van der Waals surface area contributed by atoms with Crippen molar-refractivity contribution in [3.8, 4) is 0 Å². The van der Waals surface area contributed by atoms with E-state index in [2.05, 4.69) is 9.88 Å². The molecule has 1 fully saturated rings. The van der Waals surface area contributed by atoms with E-state index in [-0.39, 0.29) is 12.6 Å². The van der Waals surface area contributed by atoms with Crippen molar-refractivity contribution in [2.24, 2.45) is 5.92 Å². The highest BCUT2D eigenvalue weighted by molar-refractivity contribution is 6.31. The maximum absolute atomic E-state index is 11.2. The highest BCUT2D eigenvalue weighted by atomic mass is 35.5. The summed E-state index contributed by atoms with van der Waals surface area (Å²) in [6, 6.07) is 1.75. The van der Waals surface area contributed by atoms with E-state index in [9.17, 15) is 9.90 Å². The smallest absolute Gasteiger partial charge is 0.310 e. The number of carboxylic acids is 1. The van der Waals surface area contributed by atoms with Gasteiger partial charge in [0.15, 0.2) is 0 Å². The summed E-state index contributed by atoms with van der Waals surface area (Å²) in [5.41, 5.74) is 0.953. The van der Waals surface area contributed by atoms with Crippen LogP contribution < -0.4 is 0 Å². The molecule has 1 N–H and O–H groups in total. The van der Waals surface area contributed by atoms with Crippen LogP contribution in [0.1, 0.15) is 12.5 Å². The molecule has 19 heavy (non-hydrogen) atoms. The minimum absolute atomic E-state index is 0.105. The van der Waals surface area contributed by atoms with Crippen LogP contribution >= 0.6 is 11.6 Å². The number of rotatable bonds is 5. The molecule has 0 aliphatic carbocycles. The monoisotopic (exact) mass is 284 g/mol. The molecule has 0 bridgehead atoms. The molecule has 1 aliphatic heterocycles. The lowest BCUT2D eigenvalue weighted by molar-refractivity contribution is -0.143. The first-order chi connectivity index (χ1) is 9.13. The molecule has 0 saturated carbocycles. The van der Waals surface area contributed by atoms with Crippen molar-refractivity contribution < 1.29 is 14.6 Å². The first kappa shape index (κ1) is 14.2. The molecule has 1 saturated heterocycles. The molecule has 0 amide bonds. The number of halogens is 1. The summed E-state index contributed by atoms with van der Waals surface area (Å²) in [6.07, 6.45) is 3.29. The third-order valence-electron chi connectivity index (χ3n) is 3.47. The van der Waals surface area contributed by atoms with Crippen LogP contribution in [-0.2, 0) is 16.1 Å². The quantitative estimate of drug-likeness (QED) is 0.891. The lowest BCUT2D eigenvalue weighted by Gasteiger charge is -2.29. The van der Waals surface area contributed by atoms with Gasteiger partial charge in [0.2, 0.25) is 0 Å². The molecule has 6 heteroatoms. The summed E-state index contributed by atoms with van der Waals surface area (Å²) >= 11 is 6.09. The zero-order chi connectivity index (χ0) is 13.8. The summed E-state index contributed by atoms with van der Waals surface area (Å²) < 4.78 is 5.31. The Morgan fingerprint density at radius 3 is 3.05 bits per heavy atom. The van der Waals surface area contributed by atoms with Gasteiger partial charge in [-0.25, -0.2) is 0 Å². The number of carbonyl (C=O) groups is 1. The van der Waals surface area contributed by atoms with E-state index in [1.807, 2.05) is 13.0 Å². The highest BCUT2D eigenvalue weighted by Crippen LogP contribution is 2.23. The van der Waals surface area contributed by atoms with Gasteiger partial charge in [0.1, 0.15) is 0 Å². The Labute approximate surface area is 117 Å². The van der Waals surface area contributed by atoms with E-state index in [4.69, 9.17) is 16.3 Å². The molecule has 0 radical (unpaired) electrons. The minimum Gasteiger partial charge on any atom is -0.481 e. The third kappa shape index (κ3) is 3.23. The fraction of sp³-hybridized carbons (Fsp3) is 0.538. The van der Waals surface area contributed by atoms with Crippen molar-refractivity contribution >= 4 is 17.6 Å². The van der Waals surface area contributed by atoms with Crippen LogP contribution in [0.4, 0.5) is 0 Å². The third-order valence-corrected chi connectivity index (χ3v) is 3.81. The van der Waals surface area contributed by atoms with Crippen molar-refractivity contribution in [1.29, 1.82) is 0 Å². The van der Waals surface area contributed by atoms with Gasteiger partial charge in [-0.05, 0) is 18.2 Å². The fourth-order valence-corrected chi connectivity index (χ4v) is 2.53. The maximum atomic E-state index is 11.2. The van der Waals surface area contributed by atoms with E-state index in [0.717, 1.165) is 12.1 Å². The summed E-state index contributed by atoms with van der Waals surface area (Å²) in [6.45, 7) is 4.09. The van der Waals surface area contributed by atoms with Crippen molar-refractivity contribution in [2.45, 2.75) is 19.5 Å². The molecule has 0 spiro atoms. The van der Waals surface area contributed by atoms with Gasteiger partial charge in [-0.2, -0.15) is 0 Å². The van der Waals surface area contributed by atoms with E-state index < -0.39 is 11.9 Å². The number of hydrogen-bond donors (Lipinski definition) is 1. The predicted molar refractivity (Wildman–Crippen MR) is 71.1 cm³/mol. The van der Waals surface area contributed by atoms with Gasteiger partial charge in [0, 0.05) is 25.0 Å². The lowest BCUT2D eigenvalue weighted by atomic mass is 10.0. The Morgan fingerprint density at radius 2 is 2.42 bits per heavy atom. The van der Waals surface area contributed by atoms with Crippen LogP contribution in [-0.4, -0.2) is 46.8 Å². The van der Waals surface area contributed by atoms with E-state index in [0.29, 0.717) is 18.2 Å². The molecule has 0 aromatic carbocycles. The fourth-order valence-electron chi connectivity index (χ4n) is 2.35. The molecular formula is C13H17ClN2O3. The van der Waals surface area contributed by atoms with E-state index in [1.54, 1.807) is 12.4 Å². The Bertz CT molecular complexity index is 455. The summed E-state index contributed by atoms with van der Waals surface area (Å²) in [7, 11) is 0. The number of hydrogen-bond acceptors (Lipinski definition) is 4. The van der Waals surface area contributed by atoms with Gasteiger partial charge in [-0.15, -0.1) is 0 Å². The Kier molecular flexibility index (Phi) is 4.74. The van der Waals surface area contributed by atoms with Crippen LogP contribution in [0.2, 0.25) is 5.02 Å². The summed E-state index contributed by atoms with van der Waals surface area (Å²) in [5, 5.41) is 9.81. The Balaban J connectivity index is 2.12. The Morgan fingerprint density at radius 1 is 1.63 bits per heavy atom. The number of ether oxygens (including phenoxy) is 1. The zero-order valence-corrected chi connectivity index (χ0v) is 11.5. The maximum Gasteiger partial charge on any atom is 0.310 e. The largest absolute Gasteiger partial charge is 0.481 e. The molecule has 1 aliphatic rings. The van der Waals surface area contributed by atoms with Crippen molar-refractivity contribution in [1.82, 2.24) is 9.88 Å². The number of likely N-dealkylation sites (N-methyl/N-ethyl adjacent to an activating group) is 1. The van der Waals surface area contributed by atoms with Gasteiger partial charge in [-0.3, -0.25) is 14.7 Å². The van der Waals surface area contributed by atoms with Crippen LogP contribution in [0.25, 0.3) is 0 Å². The van der Waals surface area contributed by atoms with E-state index >= 15 is 0 Å². The first-order valence-corrected chi connectivity index (χ1v) is 6.64. The van der Waals surface area contributed by atoms with Crippen molar-refractivity contribution in [3.63, 3.8) is 0 Å². The number of nitrogens with zero attached hydrogens (tertiary/aromatic N) is 2. The minimum atomic E-state index is -0.804. The molecule has 2 atom stereocenters. The molecule has 2 heterocycles. The average molecular weight is 285 g/mol. The second kappa shape index (κ2) is 6.32. The van der Waals surface area contributed by atoms with Crippen molar-refractivity contribution in [2.75, 3.05) is 19.8 Å². The van der Waals surface area contributed by atoms with Gasteiger partial charge in [0.05, 0.1) is 24.2 Å². The molecular weight excluding hydrogens is 268 g/mol. The molecule has 5 nitrogen and oxygen atoms in total. The number of aliphatic carboxylic acids is 1. The zero-order valence-electron chi connectivity index (χ0n) is 10.8. The summed E-state index contributed by atoms with van der Waals surface area (Å²) in [5.74, 6) is -1.28. The lowest BCUT2D eigenvalue weighted by Crippen LogP contribution is -2.42. The van der Waals surface area contributed by atoms with Gasteiger partial charge < -0.3 is 9.84 Å². The molecule has 104 valence electrons. The first-order valence-electron chi connectivity index (χ1n) is 6.26. The topological polar surface area (TPSA) is 62.7 Å². The molecule has 2 rings (SSSR count). The second-order valence-electron chi connectivity index (χ2n) is 4.58. The normalized spacial score (nSPS) is 22.9. The SMILES string of the molecule is CCN(Cc1ccncc1Cl)C1COCC1C(=O)O. The molecule has 1 aromatic rings. The van der Waals surface area contributed by atoms with Crippen LogP contribution in [0.15, 0.2) is 18.5 Å². The van der Waals surface area contributed by atoms with Gasteiger partial charge in [-0.1, -0.05) is 18.5 Å². The van der Waals surface area contributed by atoms with Crippen LogP contribution in [0.3, 0.4) is 0 Å². The van der Waals surface area contributed by atoms with Crippen LogP contribution in [0, 0.1) is 5.92 Å². The number of aromatic nitrogens is 1. The predicted octanol–water partition coefficient (Wildman–Crippen LogP) is 1.66. The summed E-state index contributed by atoms with van der Waals surface area (Å²) in [4.78, 5) is 17.2. The molecule has 1 aromatic heterocycles. The molecule has 2 unspecified atom stereocenters. The second-order valence-corrected chi connectivity index (χ2v) is 4.99. The van der Waals surface area contributed by atoms with E-state index in [1.165, 1.54) is 0 Å². The van der Waals surface area contributed by atoms with Gasteiger partial charge >= 0.3 is 5.97 Å². The highest BCUT2D eigenvalue weighted by Gasteiger charge is 2.37. The Hall–Kier alpha value is -1.17. The number of carboxylic acid groups (broad SMARTS) is 1. The van der Waals surface area contributed by atoms with Gasteiger partial charge in [0.25, 0.3) is 0 Å².